The first-order valence-corrected chi connectivity index (χ1v) is 6.85. The van der Waals surface area contributed by atoms with Crippen molar-refractivity contribution in [1.82, 2.24) is 4.90 Å². The van der Waals surface area contributed by atoms with Crippen LogP contribution in [0, 0.1) is 17.6 Å². The summed E-state index contributed by atoms with van der Waals surface area (Å²) in [6.45, 7) is 0.274. The lowest BCUT2D eigenvalue weighted by Crippen LogP contribution is -2.42. The molecule has 5 nitrogen and oxygen atoms in total. The molecular weight excluding hydrogens is 296 g/mol. The average Bonchev–Trinajstić information content (AvgIpc) is 2.55. The van der Waals surface area contributed by atoms with Gasteiger partial charge >= 0.3 is 12.1 Å². The fourth-order valence-electron chi connectivity index (χ4n) is 2.72. The van der Waals surface area contributed by atoms with Crippen molar-refractivity contribution >= 4 is 12.1 Å². The van der Waals surface area contributed by atoms with E-state index in [2.05, 4.69) is 0 Å². The Kier molecular flexibility index (Phi) is 4.95. The molecule has 1 aromatic carbocycles. The molecule has 0 N–H and O–H groups in total. The van der Waals surface area contributed by atoms with Gasteiger partial charge in [0.2, 0.25) is 0 Å². The van der Waals surface area contributed by atoms with Gasteiger partial charge in [-0.15, -0.1) is 0 Å². The van der Waals surface area contributed by atoms with Crippen LogP contribution in [-0.4, -0.2) is 37.7 Å². The Bertz CT molecular complexity index is 579. The summed E-state index contributed by atoms with van der Waals surface area (Å²) in [4.78, 5) is 25.0. The fourth-order valence-corrected chi connectivity index (χ4v) is 2.72. The van der Waals surface area contributed by atoms with Crippen LogP contribution in [0.4, 0.5) is 13.6 Å². The quantitative estimate of drug-likeness (QED) is 0.788. The summed E-state index contributed by atoms with van der Waals surface area (Å²) >= 11 is 0. The second-order valence-electron chi connectivity index (χ2n) is 5.10. The number of carbonyl (C=O) groups is 2. The smallest absolute Gasteiger partial charge is 0.409 e. The van der Waals surface area contributed by atoms with Crippen LogP contribution < -0.4 is 0 Å². The van der Waals surface area contributed by atoms with E-state index in [-0.39, 0.29) is 18.9 Å². The lowest BCUT2D eigenvalue weighted by Gasteiger charge is -2.37. The SMILES string of the molecule is COC(=O)C1CCN(C(=O)OC)C(c2ccc(F)c(F)c2)C1. The Morgan fingerprint density at radius 3 is 2.50 bits per heavy atom. The van der Waals surface area contributed by atoms with Crippen molar-refractivity contribution in [1.29, 1.82) is 0 Å². The molecule has 0 saturated carbocycles. The highest BCUT2D eigenvalue weighted by Crippen LogP contribution is 2.35. The first-order valence-electron chi connectivity index (χ1n) is 6.85. The predicted octanol–water partition coefficient (Wildman–Crippen LogP) is 2.66. The average molecular weight is 313 g/mol. The minimum Gasteiger partial charge on any atom is -0.469 e. The normalized spacial score (nSPS) is 21.4. The molecule has 7 heteroatoms. The summed E-state index contributed by atoms with van der Waals surface area (Å²) in [5, 5.41) is 0. The Morgan fingerprint density at radius 2 is 1.91 bits per heavy atom. The number of rotatable bonds is 2. The topological polar surface area (TPSA) is 55.8 Å². The molecule has 1 saturated heterocycles. The van der Waals surface area contributed by atoms with Crippen LogP contribution in [0.15, 0.2) is 18.2 Å². The van der Waals surface area contributed by atoms with E-state index in [4.69, 9.17) is 9.47 Å². The molecule has 1 aliphatic heterocycles. The highest BCUT2D eigenvalue weighted by molar-refractivity contribution is 5.74. The third kappa shape index (κ3) is 3.18. The van der Waals surface area contributed by atoms with Gasteiger partial charge in [-0.25, -0.2) is 13.6 Å². The van der Waals surface area contributed by atoms with Crippen molar-refractivity contribution in [2.75, 3.05) is 20.8 Å². The number of benzene rings is 1. The van der Waals surface area contributed by atoms with Gasteiger partial charge in [0.1, 0.15) is 0 Å². The van der Waals surface area contributed by atoms with Crippen LogP contribution in [0.1, 0.15) is 24.4 Å². The lowest BCUT2D eigenvalue weighted by atomic mass is 9.87. The molecule has 1 aromatic rings. The van der Waals surface area contributed by atoms with Crippen LogP contribution >= 0.6 is 0 Å². The molecule has 0 aromatic heterocycles. The van der Waals surface area contributed by atoms with Gasteiger partial charge in [0.25, 0.3) is 0 Å². The van der Waals surface area contributed by atoms with Gasteiger partial charge in [0.05, 0.1) is 26.2 Å². The highest BCUT2D eigenvalue weighted by atomic mass is 19.2. The number of nitrogens with zero attached hydrogens (tertiary/aromatic N) is 1. The molecule has 0 spiro atoms. The predicted molar refractivity (Wildman–Crippen MR) is 73.0 cm³/mol. The lowest BCUT2D eigenvalue weighted by molar-refractivity contribution is -0.147. The van der Waals surface area contributed by atoms with Crippen molar-refractivity contribution in [2.24, 2.45) is 5.92 Å². The van der Waals surface area contributed by atoms with E-state index in [1.807, 2.05) is 0 Å². The highest BCUT2D eigenvalue weighted by Gasteiger charge is 2.36. The van der Waals surface area contributed by atoms with Crippen molar-refractivity contribution in [2.45, 2.75) is 18.9 Å². The zero-order valence-electron chi connectivity index (χ0n) is 12.3. The van der Waals surface area contributed by atoms with Crippen molar-refractivity contribution < 1.29 is 27.8 Å². The number of carbonyl (C=O) groups excluding carboxylic acids is 2. The molecule has 0 aliphatic carbocycles. The Labute approximate surface area is 126 Å². The first kappa shape index (κ1) is 16.2. The maximum atomic E-state index is 13.5. The van der Waals surface area contributed by atoms with E-state index in [9.17, 15) is 18.4 Å². The Morgan fingerprint density at radius 1 is 1.18 bits per heavy atom. The second-order valence-corrected chi connectivity index (χ2v) is 5.10. The zero-order valence-corrected chi connectivity index (χ0v) is 12.3. The van der Waals surface area contributed by atoms with E-state index in [0.717, 1.165) is 12.1 Å². The molecule has 2 rings (SSSR count). The Hall–Kier alpha value is -2.18. The molecule has 2 atom stereocenters. The van der Waals surface area contributed by atoms with Crippen LogP contribution in [0.5, 0.6) is 0 Å². The van der Waals surface area contributed by atoms with Gasteiger partial charge in [-0.05, 0) is 30.5 Å². The fraction of sp³-hybridized carbons (Fsp3) is 0.467. The second kappa shape index (κ2) is 6.72. The molecule has 120 valence electrons. The van der Waals surface area contributed by atoms with Gasteiger partial charge < -0.3 is 14.4 Å². The minimum atomic E-state index is -0.998. The van der Waals surface area contributed by atoms with Gasteiger partial charge in [0, 0.05) is 6.54 Å². The van der Waals surface area contributed by atoms with Crippen LogP contribution in [0.25, 0.3) is 0 Å². The molecule has 1 fully saturated rings. The van der Waals surface area contributed by atoms with Crippen LogP contribution in [0.2, 0.25) is 0 Å². The summed E-state index contributed by atoms with van der Waals surface area (Å²) in [5.74, 6) is -2.74. The monoisotopic (exact) mass is 313 g/mol. The number of esters is 1. The molecule has 1 amide bonds. The van der Waals surface area contributed by atoms with E-state index < -0.39 is 29.7 Å². The van der Waals surface area contributed by atoms with Gasteiger partial charge in [-0.2, -0.15) is 0 Å². The van der Waals surface area contributed by atoms with Gasteiger partial charge in [-0.3, -0.25) is 4.79 Å². The van der Waals surface area contributed by atoms with Gasteiger partial charge in [-0.1, -0.05) is 6.07 Å². The molecule has 1 heterocycles. The van der Waals surface area contributed by atoms with E-state index in [0.29, 0.717) is 12.0 Å². The minimum absolute atomic E-state index is 0.271. The van der Waals surface area contributed by atoms with Crippen LogP contribution in [-0.2, 0) is 14.3 Å². The van der Waals surface area contributed by atoms with E-state index >= 15 is 0 Å². The number of likely N-dealkylation sites (tertiary alicyclic amines) is 1. The summed E-state index contributed by atoms with van der Waals surface area (Å²) in [6.07, 6.45) is 0.132. The zero-order chi connectivity index (χ0) is 16.3. The summed E-state index contributed by atoms with van der Waals surface area (Å²) in [6, 6.07) is 2.87. The van der Waals surface area contributed by atoms with E-state index in [1.165, 1.54) is 25.2 Å². The number of hydrogen-bond donors (Lipinski definition) is 0. The number of piperidine rings is 1. The number of hydrogen-bond acceptors (Lipinski definition) is 4. The molecule has 2 unspecified atom stereocenters. The molecule has 0 bridgehead atoms. The van der Waals surface area contributed by atoms with Gasteiger partial charge in [0.15, 0.2) is 11.6 Å². The number of methoxy groups -OCH3 is 2. The molecule has 22 heavy (non-hydrogen) atoms. The Balaban J connectivity index is 2.32. The summed E-state index contributed by atoms with van der Waals surface area (Å²) in [7, 11) is 2.54. The number of halogens is 2. The van der Waals surface area contributed by atoms with Crippen molar-refractivity contribution in [3.63, 3.8) is 0 Å². The van der Waals surface area contributed by atoms with E-state index in [1.54, 1.807) is 0 Å². The molecule has 0 radical (unpaired) electrons. The molecule has 1 aliphatic rings. The first-order chi connectivity index (χ1) is 10.5. The maximum absolute atomic E-state index is 13.5. The standard InChI is InChI=1S/C15H17F2NO4/c1-21-14(19)10-5-6-18(15(20)22-2)13(8-10)9-3-4-11(16)12(17)7-9/h3-4,7,10,13H,5-6,8H2,1-2H3. The maximum Gasteiger partial charge on any atom is 0.409 e. The summed E-state index contributed by atoms with van der Waals surface area (Å²) < 4.78 is 36.0. The number of ether oxygens (including phenoxy) is 2. The third-order valence-corrected chi connectivity index (χ3v) is 3.87. The number of amides is 1. The van der Waals surface area contributed by atoms with Crippen molar-refractivity contribution in [3.05, 3.63) is 35.4 Å². The van der Waals surface area contributed by atoms with Crippen molar-refractivity contribution in [3.8, 4) is 0 Å². The third-order valence-electron chi connectivity index (χ3n) is 3.87. The largest absolute Gasteiger partial charge is 0.469 e. The summed E-state index contributed by atoms with van der Waals surface area (Å²) in [5.41, 5.74) is 0.415. The van der Waals surface area contributed by atoms with Crippen LogP contribution in [0.3, 0.4) is 0 Å². The molecular formula is C15H17F2NO4.